The molecular weight excluding hydrogens is 305 g/mol. The topological polar surface area (TPSA) is 29.1 Å². The number of rotatable bonds is 1. The maximum atomic E-state index is 13.8. The Kier molecular flexibility index (Phi) is 4.33. The summed E-state index contributed by atoms with van der Waals surface area (Å²) in [5, 5.41) is 3.29. The number of hydrogen-bond acceptors (Lipinski definition) is 2. The van der Waals surface area contributed by atoms with Crippen LogP contribution in [0.3, 0.4) is 0 Å². The van der Waals surface area contributed by atoms with Gasteiger partial charge in [0.25, 0.3) is 0 Å². The average Bonchev–Trinajstić information content (AvgIpc) is 2.39. The summed E-state index contributed by atoms with van der Waals surface area (Å²) in [6.45, 7) is 2.84. The van der Waals surface area contributed by atoms with Crippen molar-refractivity contribution < 1.29 is 8.60 Å². The molecule has 0 saturated carbocycles. The van der Waals surface area contributed by atoms with E-state index in [0.717, 1.165) is 11.0 Å². The number of halogens is 2. The molecule has 1 N–H and O–H groups in total. The molecule has 0 amide bonds. The standard InChI is InChI=1S/C12H15BrFNOS/c1-8-5-15-12(7-17(16)6-8)10-3-2-9(13)4-11(10)14/h2-4,8,12,15H,5-7H2,1H3. The second-order valence-corrected chi connectivity index (χ2v) is 6.97. The Morgan fingerprint density at radius 3 is 2.94 bits per heavy atom. The summed E-state index contributed by atoms with van der Waals surface area (Å²) >= 11 is 3.24. The molecule has 17 heavy (non-hydrogen) atoms. The number of nitrogens with one attached hydrogen (secondary N) is 1. The van der Waals surface area contributed by atoms with Crippen LogP contribution in [0.1, 0.15) is 18.5 Å². The molecule has 1 aliphatic heterocycles. The van der Waals surface area contributed by atoms with E-state index in [4.69, 9.17) is 0 Å². The van der Waals surface area contributed by atoms with Crippen molar-refractivity contribution in [3.05, 3.63) is 34.1 Å². The van der Waals surface area contributed by atoms with Crippen molar-refractivity contribution in [3.8, 4) is 0 Å². The summed E-state index contributed by atoms with van der Waals surface area (Å²) in [5.41, 5.74) is 0.607. The van der Waals surface area contributed by atoms with Crippen molar-refractivity contribution in [2.24, 2.45) is 5.92 Å². The highest BCUT2D eigenvalue weighted by Crippen LogP contribution is 2.23. The third kappa shape index (κ3) is 3.36. The zero-order valence-electron chi connectivity index (χ0n) is 9.58. The van der Waals surface area contributed by atoms with Crippen LogP contribution >= 0.6 is 15.9 Å². The van der Waals surface area contributed by atoms with Gasteiger partial charge in [-0.2, -0.15) is 0 Å². The second-order valence-electron chi connectivity index (χ2n) is 4.51. The van der Waals surface area contributed by atoms with E-state index in [-0.39, 0.29) is 11.9 Å². The van der Waals surface area contributed by atoms with Crippen LogP contribution in [0.25, 0.3) is 0 Å². The smallest absolute Gasteiger partial charge is 0.129 e. The van der Waals surface area contributed by atoms with Crippen LogP contribution in [0.15, 0.2) is 22.7 Å². The van der Waals surface area contributed by atoms with E-state index in [1.807, 2.05) is 6.07 Å². The van der Waals surface area contributed by atoms with Gasteiger partial charge in [-0.3, -0.25) is 4.21 Å². The van der Waals surface area contributed by atoms with E-state index in [0.29, 0.717) is 23.0 Å². The van der Waals surface area contributed by atoms with Crippen molar-refractivity contribution in [2.45, 2.75) is 13.0 Å². The van der Waals surface area contributed by atoms with Gasteiger partial charge in [0, 0.05) is 38.4 Å². The lowest BCUT2D eigenvalue weighted by molar-refractivity contribution is 0.497. The molecule has 1 aliphatic rings. The quantitative estimate of drug-likeness (QED) is 0.862. The summed E-state index contributed by atoms with van der Waals surface area (Å²) in [6, 6.07) is 4.88. The highest BCUT2D eigenvalue weighted by atomic mass is 79.9. The Labute approximate surface area is 112 Å². The van der Waals surface area contributed by atoms with Gasteiger partial charge in [-0.15, -0.1) is 0 Å². The van der Waals surface area contributed by atoms with Gasteiger partial charge in [0.15, 0.2) is 0 Å². The van der Waals surface area contributed by atoms with Gasteiger partial charge in [-0.25, -0.2) is 4.39 Å². The van der Waals surface area contributed by atoms with Crippen LogP contribution in [0.4, 0.5) is 4.39 Å². The van der Waals surface area contributed by atoms with E-state index >= 15 is 0 Å². The fourth-order valence-corrected chi connectivity index (χ4v) is 3.91. The molecular formula is C12H15BrFNOS. The van der Waals surface area contributed by atoms with Gasteiger partial charge in [-0.1, -0.05) is 28.9 Å². The molecule has 2 nitrogen and oxygen atoms in total. The van der Waals surface area contributed by atoms with Crippen LogP contribution in [0, 0.1) is 11.7 Å². The molecule has 5 heteroatoms. The largest absolute Gasteiger partial charge is 0.309 e. The lowest BCUT2D eigenvalue weighted by Crippen LogP contribution is -2.26. The first kappa shape index (κ1) is 13.2. The van der Waals surface area contributed by atoms with Crippen molar-refractivity contribution in [1.29, 1.82) is 0 Å². The normalized spacial score (nSPS) is 29.9. The molecule has 1 heterocycles. The Balaban J connectivity index is 2.23. The van der Waals surface area contributed by atoms with Gasteiger partial charge in [0.2, 0.25) is 0 Å². The maximum absolute atomic E-state index is 13.8. The minimum absolute atomic E-state index is 0.145. The van der Waals surface area contributed by atoms with E-state index < -0.39 is 10.8 Å². The molecule has 1 aromatic carbocycles. The molecule has 1 aromatic rings. The predicted octanol–water partition coefficient (Wildman–Crippen LogP) is 2.62. The summed E-state index contributed by atoms with van der Waals surface area (Å²) in [6.07, 6.45) is 0. The van der Waals surface area contributed by atoms with E-state index in [1.54, 1.807) is 6.07 Å². The third-order valence-corrected chi connectivity index (χ3v) is 5.01. The molecule has 1 fully saturated rings. The van der Waals surface area contributed by atoms with Crippen LogP contribution in [0.2, 0.25) is 0 Å². The summed E-state index contributed by atoms with van der Waals surface area (Å²) in [7, 11) is -0.873. The average molecular weight is 320 g/mol. The maximum Gasteiger partial charge on any atom is 0.129 e. The molecule has 1 saturated heterocycles. The molecule has 3 atom stereocenters. The molecule has 0 spiro atoms. The van der Waals surface area contributed by atoms with Gasteiger partial charge in [0.1, 0.15) is 5.82 Å². The third-order valence-electron chi connectivity index (χ3n) is 2.87. The lowest BCUT2D eigenvalue weighted by atomic mass is 10.1. The molecule has 0 aromatic heterocycles. The fourth-order valence-electron chi connectivity index (χ4n) is 2.02. The van der Waals surface area contributed by atoms with Crippen LogP contribution in [-0.2, 0) is 10.8 Å². The van der Waals surface area contributed by atoms with Crippen molar-refractivity contribution >= 4 is 26.7 Å². The Morgan fingerprint density at radius 1 is 1.47 bits per heavy atom. The molecule has 0 radical (unpaired) electrons. The first-order valence-electron chi connectivity index (χ1n) is 5.59. The van der Waals surface area contributed by atoms with Crippen molar-refractivity contribution in [3.63, 3.8) is 0 Å². The zero-order valence-corrected chi connectivity index (χ0v) is 12.0. The van der Waals surface area contributed by atoms with Crippen LogP contribution in [-0.4, -0.2) is 22.3 Å². The van der Waals surface area contributed by atoms with E-state index in [9.17, 15) is 8.60 Å². The monoisotopic (exact) mass is 319 g/mol. The minimum atomic E-state index is -0.873. The van der Waals surface area contributed by atoms with Crippen molar-refractivity contribution in [1.82, 2.24) is 5.32 Å². The van der Waals surface area contributed by atoms with Gasteiger partial charge < -0.3 is 5.32 Å². The lowest BCUT2D eigenvalue weighted by Gasteiger charge is -2.17. The molecule has 0 aliphatic carbocycles. The molecule has 94 valence electrons. The first-order valence-corrected chi connectivity index (χ1v) is 7.87. The van der Waals surface area contributed by atoms with Crippen molar-refractivity contribution in [2.75, 3.05) is 18.1 Å². The summed E-state index contributed by atoms with van der Waals surface area (Å²) in [5.74, 6) is 1.31. The molecule has 0 bridgehead atoms. The summed E-state index contributed by atoms with van der Waals surface area (Å²) < 4.78 is 26.3. The fraction of sp³-hybridized carbons (Fsp3) is 0.500. The zero-order chi connectivity index (χ0) is 12.4. The first-order chi connectivity index (χ1) is 8.06. The molecule has 3 unspecified atom stereocenters. The highest BCUT2D eigenvalue weighted by Gasteiger charge is 2.23. The predicted molar refractivity (Wildman–Crippen MR) is 71.9 cm³/mol. The van der Waals surface area contributed by atoms with Gasteiger partial charge >= 0.3 is 0 Å². The SMILES string of the molecule is CC1CNC(c2ccc(Br)cc2F)CS(=O)C1. The Morgan fingerprint density at radius 2 is 2.24 bits per heavy atom. The minimum Gasteiger partial charge on any atom is -0.309 e. The summed E-state index contributed by atoms with van der Waals surface area (Å²) in [4.78, 5) is 0. The van der Waals surface area contributed by atoms with E-state index in [1.165, 1.54) is 6.07 Å². The van der Waals surface area contributed by atoms with Crippen LogP contribution < -0.4 is 5.32 Å². The van der Waals surface area contributed by atoms with Crippen LogP contribution in [0.5, 0.6) is 0 Å². The molecule has 2 rings (SSSR count). The highest BCUT2D eigenvalue weighted by molar-refractivity contribution is 9.10. The Bertz CT molecular complexity index is 441. The second kappa shape index (κ2) is 5.59. The number of hydrogen-bond donors (Lipinski definition) is 1. The Hall–Kier alpha value is -0.260. The van der Waals surface area contributed by atoms with E-state index in [2.05, 4.69) is 28.2 Å². The van der Waals surface area contributed by atoms with Gasteiger partial charge in [-0.05, 0) is 24.6 Å². The number of benzene rings is 1. The van der Waals surface area contributed by atoms with Gasteiger partial charge in [0.05, 0.1) is 0 Å².